The molecule has 25 heavy (non-hydrogen) atoms. The fourth-order valence-electron chi connectivity index (χ4n) is 4.03. The summed E-state index contributed by atoms with van der Waals surface area (Å²) in [6.45, 7) is 10.6. The Kier molecular flexibility index (Phi) is 5.97. The van der Waals surface area contributed by atoms with Crippen LogP contribution in [0.25, 0.3) is 0 Å². The molecule has 2 aliphatic rings. The van der Waals surface area contributed by atoms with Crippen LogP contribution in [-0.4, -0.2) is 64.7 Å². The second kappa shape index (κ2) is 8.19. The van der Waals surface area contributed by atoms with Crippen LogP contribution in [0.15, 0.2) is 18.2 Å². The quantitative estimate of drug-likeness (QED) is 0.910. The van der Waals surface area contributed by atoms with E-state index in [1.165, 1.54) is 47.4 Å². The Bertz CT molecular complexity index is 597. The lowest BCUT2D eigenvalue weighted by Gasteiger charge is -2.35. The van der Waals surface area contributed by atoms with Crippen molar-refractivity contribution in [2.75, 3.05) is 32.7 Å². The first kappa shape index (κ1) is 18.2. The fourth-order valence-corrected chi connectivity index (χ4v) is 4.03. The van der Waals surface area contributed by atoms with Gasteiger partial charge in [0.2, 0.25) is 0 Å². The number of hydrogen-bond donors (Lipinski definition) is 1. The van der Waals surface area contributed by atoms with Gasteiger partial charge >= 0.3 is 6.09 Å². The first-order valence-electron chi connectivity index (χ1n) is 9.56. The van der Waals surface area contributed by atoms with Gasteiger partial charge in [-0.15, -0.1) is 0 Å². The van der Waals surface area contributed by atoms with Crippen molar-refractivity contribution in [3.63, 3.8) is 0 Å². The average Bonchev–Trinajstić information content (AvgIpc) is 2.61. The number of amides is 1. The van der Waals surface area contributed by atoms with Gasteiger partial charge in [-0.05, 0) is 49.9 Å². The summed E-state index contributed by atoms with van der Waals surface area (Å²) < 4.78 is 0. The number of carboxylic acid groups (broad SMARTS) is 1. The van der Waals surface area contributed by atoms with Crippen molar-refractivity contribution < 1.29 is 9.90 Å². The predicted molar refractivity (Wildman–Crippen MR) is 99.8 cm³/mol. The second-order valence-electron chi connectivity index (χ2n) is 7.56. The molecule has 1 unspecified atom stereocenters. The molecule has 5 nitrogen and oxygen atoms in total. The molecular weight excluding hydrogens is 314 g/mol. The minimum Gasteiger partial charge on any atom is -0.465 e. The maximum atomic E-state index is 11.0. The van der Waals surface area contributed by atoms with Gasteiger partial charge < -0.3 is 10.0 Å². The maximum Gasteiger partial charge on any atom is 0.407 e. The van der Waals surface area contributed by atoms with Gasteiger partial charge in [0.15, 0.2) is 0 Å². The first-order chi connectivity index (χ1) is 12.0. The molecule has 1 N–H and O–H groups in total. The number of hydrogen-bond acceptors (Lipinski definition) is 3. The van der Waals surface area contributed by atoms with Crippen LogP contribution < -0.4 is 0 Å². The van der Waals surface area contributed by atoms with Crippen molar-refractivity contribution in [3.8, 4) is 0 Å². The van der Waals surface area contributed by atoms with Crippen molar-refractivity contribution in [2.45, 2.75) is 52.2 Å². The molecule has 2 fully saturated rings. The molecule has 138 valence electrons. The highest BCUT2D eigenvalue weighted by Crippen LogP contribution is 2.23. The van der Waals surface area contributed by atoms with Crippen LogP contribution in [-0.2, 0) is 13.1 Å². The minimum atomic E-state index is -0.798. The molecule has 3 rings (SSSR count). The third-order valence-electron chi connectivity index (χ3n) is 5.91. The van der Waals surface area contributed by atoms with Crippen LogP contribution in [0, 0.1) is 6.92 Å². The van der Waals surface area contributed by atoms with Gasteiger partial charge in [0.25, 0.3) is 0 Å². The highest BCUT2D eigenvalue weighted by molar-refractivity contribution is 5.65. The Balaban J connectivity index is 1.62. The molecule has 1 aromatic rings. The molecule has 2 heterocycles. The number of carbonyl (C=O) groups is 1. The molecule has 0 aromatic heterocycles. The summed E-state index contributed by atoms with van der Waals surface area (Å²) in [5.41, 5.74) is 4.22. The van der Waals surface area contributed by atoms with Crippen molar-refractivity contribution in [2.24, 2.45) is 0 Å². The molecule has 0 saturated carbocycles. The van der Waals surface area contributed by atoms with Crippen LogP contribution in [0.5, 0.6) is 0 Å². The monoisotopic (exact) mass is 345 g/mol. The van der Waals surface area contributed by atoms with Crippen LogP contribution in [0.4, 0.5) is 4.79 Å². The number of piperidine rings is 1. The van der Waals surface area contributed by atoms with Crippen molar-refractivity contribution in [1.29, 1.82) is 0 Å². The summed E-state index contributed by atoms with van der Waals surface area (Å²) in [7, 11) is 0. The second-order valence-corrected chi connectivity index (χ2v) is 7.56. The molecule has 0 aliphatic carbocycles. The van der Waals surface area contributed by atoms with Gasteiger partial charge in [0.05, 0.1) is 0 Å². The molecule has 0 radical (unpaired) electrons. The van der Waals surface area contributed by atoms with E-state index in [1.54, 1.807) is 0 Å². The number of nitrogens with zero attached hydrogens (tertiary/aromatic N) is 3. The zero-order valence-electron chi connectivity index (χ0n) is 15.6. The normalized spacial score (nSPS) is 23.0. The van der Waals surface area contributed by atoms with Gasteiger partial charge in [0.1, 0.15) is 0 Å². The molecular formula is C20H31N3O2. The number of rotatable bonds is 4. The Morgan fingerprint density at radius 1 is 1.08 bits per heavy atom. The SMILES string of the molecule is Cc1c(CN2CCN(C(=O)O)CC2)cccc1CN1CCCCC1C. The van der Waals surface area contributed by atoms with Crippen LogP contribution in [0.3, 0.4) is 0 Å². The summed E-state index contributed by atoms with van der Waals surface area (Å²) in [5, 5.41) is 9.07. The molecule has 0 spiro atoms. The molecule has 2 saturated heterocycles. The highest BCUT2D eigenvalue weighted by Gasteiger charge is 2.22. The summed E-state index contributed by atoms with van der Waals surface area (Å²) in [6, 6.07) is 7.35. The Morgan fingerprint density at radius 2 is 1.76 bits per heavy atom. The molecule has 1 amide bonds. The highest BCUT2D eigenvalue weighted by atomic mass is 16.4. The Labute approximate surface area is 151 Å². The zero-order chi connectivity index (χ0) is 17.8. The van der Waals surface area contributed by atoms with Crippen molar-refractivity contribution >= 4 is 6.09 Å². The third-order valence-corrected chi connectivity index (χ3v) is 5.91. The van der Waals surface area contributed by atoms with E-state index in [0.717, 1.165) is 26.2 Å². The van der Waals surface area contributed by atoms with E-state index in [-0.39, 0.29) is 0 Å². The van der Waals surface area contributed by atoms with E-state index in [0.29, 0.717) is 19.1 Å². The summed E-state index contributed by atoms with van der Waals surface area (Å²) in [6.07, 6.45) is 3.19. The average molecular weight is 345 g/mol. The summed E-state index contributed by atoms with van der Waals surface area (Å²) >= 11 is 0. The molecule has 1 aromatic carbocycles. The van der Waals surface area contributed by atoms with Gasteiger partial charge in [0, 0.05) is 45.3 Å². The molecule has 1 atom stereocenters. The topological polar surface area (TPSA) is 47.0 Å². The lowest BCUT2D eigenvalue weighted by molar-refractivity contribution is 0.103. The summed E-state index contributed by atoms with van der Waals surface area (Å²) in [4.78, 5) is 17.5. The lowest BCUT2D eigenvalue weighted by Crippen LogP contribution is -2.47. The molecule has 5 heteroatoms. The number of benzene rings is 1. The van der Waals surface area contributed by atoms with E-state index in [1.807, 2.05) is 0 Å². The zero-order valence-corrected chi connectivity index (χ0v) is 15.6. The van der Waals surface area contributed by atoms with Crippen molar-refractivity contribution in [1.82, 2.24) is 14.7 Å². The van der Waals surface area contributed by atoms with Gasteiger partial charge in [-0.2, -0.15) is 0 Å². The van der Waals surface area contributed by atoms with E-state index < -0.39 is 6.09 Å². The largest absolute Gasteiger partial charge is 0.465 e. The number of piperazine rings is 1. The smallest absolute Gasteiger partial charge is 0.407 e. The van der Waals surface area contributed by atoms with Crippen molar-refractivity contribution in [3.05, 3.63) is 34.9 Å². The maximum absolute atomic E-state index is 11.0. The predicted octanol–water partition coefficient (Wildman–Crippen LogP) is 3.17. The Morgan fingerprint density at radius 3 is 2.40 bits per heavy atom. The van der Waals surface area contributed by atoms with Gasteiger partial charge in [-0.1, -0.05) is 24.6 Å². The standard InChI is InChI=1S/C20H31N3O2/c1-16-6-3-4-9-23(16)15-19-8-5-7-18(17(19)2)14-21-10-12-22(13-11-21)20(24)25/h5,7-8,16H,3-4,6,9-15H2,1-2H3,(H,24,25). The molecule has 2 aliphatic heterocycles. The van der Waals surface area contributed by atoms with Crippen LogP contribution >= 0.6 is 0 Å². The minimum absolute atomic E-state index is 0.610. The van der Waals surface area contributed by atoms with Crippen LogP contribution in [0.1, 0.15) is 42.9 Å². The number of likely N-dealkylation sites (tertiary alicyclic amines) is 1. The van der Waals surface area contributed by atoms with E-state index in [9.17, 15) is 4.79 Å². The summed E-state index contributed by atoms with van der Waals surface area (Å²) in [5.74, 6) is 0. The van der Waals surface area contributed by atoms with Gasteiger partial charge in [-0.25, -0.2) is 4.79 Å². The molecule has 0 bridgehead atoms. The van der Waals surface area contributed by atoms with Gasteiger partial charge in [-0.3, -0.25) is 9.80 Å². The third kappa shape index (κ3) is 4.53. The van der Waals surface area contributed by atoms with E-state index in [4.69, 9.17) is 5.11 Å². The van der Waals surface area contributed by atoms with Crippen LogP contribution in [0.2, 0.25) is 0 Å². The lowest BCUT2D eigenvalue weighted by atomic mass is 9.98. The van der Waals surface area contributed by atoms with E-state index in [2.05, 4.69) is 41.8 Å². The fraction of sp³-hybridized carbons (Fsp3) is 0.650. The Hall–Kier alpha value is -1.59. The van der Waals surface area contributed by atoms with E-state index >= 15 is 0 Å². The first-order valence-corrected chi connectivity index (χ1v) is 9.56.